The Balaban J connectivity index is 1.49. The quantitative estimate of drug-likeness (QED) is 0.802. The number of aryl methyl sites for hydroxylation is 2. The summed E-state index contributed by atoms with van der Waals surface area (Å²) < 4.78 is 18.9. The third-order valence-electron chi connectivity index (χ3n) is 4.59. The van der Waals surface area contributed by atoms with E-state index in [0.29, 0.717) is 63.6 Å². The molecule has 0 aliphatic carbocycles. The van der Waals surface area contributed by atoms with Crippen LogP contribution in [0.2, 0.25) is 0 Å². The summed E-state index contributed by atoms with van der Waals surface area (Å²) >= 11 is 0. The van der Waals surface area contributed by atoms with Crippen molar-refractivity contribution in [1.29, 1.82) is 0 Å². The van der Waals surface area contributed by atoms with Crippen molar-refractivity contribution in [3.8, 4) is 0 Å². The highest BCUT2D eigenvalue weighted by atomic mass is 19.1. The third-order valence-corrected chi connectivity index (χ3v) is 4.59. The van der Waals surface area contributed by atoms with Gasteiger partial charge in [-0.1, -0.05) is 17.3 Å². The van der Waals surface area contributed by atoms with Gasteiger partial charge in [0.2, 0.25) is 11.8 Å². The summed E-state index contributed by atoms with van der Waals surface area (Å²) in [5.74, 6) is 0.331. The van der Waals surface area contributed by atoms with Crippen LogP contribution in [0.1, 0.15) is 41.3 Å². The number of carbonyl (C=O) groups is 2. The molecule has 1 aromatic carbocycles. The van der Waals surface area contributed by atoms with Gasteiger partial charge in [-0.25, -0.2) is 4.39 Å². The minimum atomic E-state index is -0.518. The van der Waals surface area contributed by atoms with E-state index in [1.807, 2.05) is 0 Å². The minimum Gasteiger partial charge on any atom is -0.341 e. The maximum atomic E-state index is 13.9. The lowest BCUT2D eigenvalue weighted by molar-refractivity contribution is -0.131. The van der Waals surface area contributed by atoms with Gasteiger partial charge >= 0.3 is 0 Å². The molecular formula is C19H23FN4O3. The number of carbonyl (C=O) groups excluding carboxylic acids is 2. The van der Waals surface area contributed by atoms with Crippen molar-refractivity contribution in [3.05, 3.63) is 47.4 Å². The summed E-state index contributed by atoms with van der Waals surface area (Å²) in [4.78, 5) is 32.5. The van der Waals surface area contributed by atoms with Gasteiger partial charge < -0.3 is 14.3 Å². The van der Waals surface area contributed by atoms with E-state index in [9.17, 15) is 14.0 Å². The molecule has 0 N–H and O–H groups in total. The Morgan fingerprint density at radius 2 is 1.89 bits per heavy atom. The van der Waals surface area contributed by atoms with Crippen LogP contribution < -0.4 is 0 Å². The zero-order chi connectivity index (χ0) is 19.2. The van der Waals surface area contributed by atoms with E-state index in [1.54, 1.807) is 28.9 Å². The Kier molecular flexibility index (Phi) is 6.16. The van der Waals surface area contributed by atoms with Crippen molar-refractivity contribution < 1.29 is 18.5 Å². The van der Waals surface area contributed by atoms with Gasteiger partial charge in [-0.2, -0.15) is 4.98 Å². The van der Waals surface area contributed by atoms with E-state index in [4.69, 9.17) is 4.52 Å². The third kappa shape index (κ3) is 4.90. The molecule has 1 aliphatic rings. The molecule has 2 heterocycles. The summed E-state index contributed by atoms with van der Waals surface area (Å²) in [6, 6.07) is 5.98. The second-order valence-corrected chi connectivity index (χ2v) is 6.60. The summed E-state index contributed by atoms with van der Waals surface area (Å²) in [7, 11) is 0. The van der Waals surface area contributed by atoms with E-state index in [-0.39, 0.29) is 17.4 Å². The molecular weight excluding hydrogens is 351 g/mol. The molecule has 0 unspecified atom stereocenters. The zero-order valence-corrected chi connectivity index (χ0v) is 15.4. The molecule has 1 fully saturated rings. The van der Waals surface area contributed by atoms with E-state index in [1.165, 1.54) is 12.1 Å². The molecule has 1 aromatic heterocycles. The summed E-state index contributed by atoms with van der Waals surface area (Å²) in [6.07, 6.45) is 2.27. The molecule has 2 aromatic rings. The van der Waals surface area contributed by atoms with Crippen LogP contribution in [0.3, 0.4) is 0 Å². The maximum absolute atomic E-state index is 13.9. The van der Waals surface area contributed by atoms with Gasteiger partial charge in [-0.05, 0) is 31.9 Å². The van der Waals surface area contributed by atoms with Gasteiger partial charge in [0.1, 0.15) is 5.82 Å². The second kappa shape index (κ2) is 8.75. The fourth-order valence-corrected chi connectivity index (χ4v) is 3.17. The van der Waals surface area contributed by atoms with Gasteiger partial charge in [-0.15, -0.1) is 0 Å². The predicted molar refractivity (Wildman–Crippen MR) is 95.5 cm³/mol. The SMILES string of the molecule is Cc1noc(CCCC(=O)N2CCCN(C(=O)c3ccccc3F)CC2)n1. The van der Waals surface area contributed by atoms with Crippen LogP contribution in [0, 0.1) is 12.7 Å². The molecule has 8 heteroatoms. The van der Waals surface area contributed by atoms with Gasteiger partial charge in [0.05, 0.1) is 5.56 Å². The maximum Gasteiger partial charge on any atom is 0.256 e. The highest BCUT2D eigenvalue weighted by Gasteiger charge is 2.24. The number of benzene rings is 1. The number of nitrogens with zero attached hydrogens (tertiary/aromatic N) is 4. The van der Waals surface area contributed by atoms with Gasteiger partial charge in [0, 0.05) is 39.0 Å². The standard InChI is InChI=1S/C19H23FN4O3/c1-14-21-17(27-22-14)8-4-9-18(25)23-10-5-11-24(13-12-23)19(26)15-6-2-3-7-16(15)20/h2-3,6-7H,4-5,8-13H2,1H3. The summed E-state index contributed by atoms with van der Waals surface area (Å²) in [5, 5.41) is 3.73. The van der Waals surface area contributed by atoms with Crippen molar-refractivity contribution in [2.24, 2.45) is 0 Å². The van der Waals surface area contributed by atoms with Crippen molar-refractivity contribution in [2.75, 3.05) is 26.2 Å². The molecule has 3 rings (SSSR count). The Morgan fingerprint density at radius 1 is 1.15 bits per heavy atom. The first-order valence-electron chi connectivity index (χ1n) is 9.15. The smallest absolute Gasteiger partial charge is 0.256 e. The number of hydrogen-bond donors (Lipinski definition) is 0. The summed E-state index contributed by atoms with van der Waals surface area (Å²) in [5.41, 5.74) is 0.0760. The minimum absolute atomic E-state index is 0.0476. The number of aromatic nitrogens is 2. The van der Waals surface area contributed by atoms with Gasteiger partial charge in [0.25, 0.3) is 5.91 Å². The van der Waals surface area contributed by atoms with Crippen LogP contribution in [-0.2, 0) is 11.2 Å². The Morgan fingerprint density at radius 3 is 2.63 bits per heavy atom. The van der Waals surface area contributed by atoms with E-state index in [2.05, 4.69) is 10.1 Å². The molecule has 144 valence electrons. The van der Waals surface area contributed by atoms with Crippen LogP contribution in [-0.4, -0.2) is 57.9 Å². The van der Waals surface area contributed by atoms with Crippen molar-refractivity contribution >= 4 is 11.8 Å². The van der Waals surface area contributed by atoms with Crippen LogP contribution >= 0.6 is 0 Å². The Hall–Kier alpha value is -2.77. The number of halogens is 1. The first kappa shape index (κ1) is 19.0. The molecule has 0 spiro atoms. The molecule has 27 heavy (non-hydrogen) atoms. The number of hydrogen-bond acceptors (Lipinski definition) is 5. The highest BCUT2D eigenvalue weighted by molar-refractivity contribution is 5.94. The molecule has 1 aliphatic heterocycles. The summed E-state index contributed by atoms with van der Waals surface area (Å²) in [6.45, 7) is 3.72. The fourth-order valence-electron chi connectivity index (χ4n) is 3.17. The lowest BCUT2D eigenvalue weighted by Crippen LogP contribution is -2.37. The van der Waals surface area contributed by atoms with Crippen molar-refractivity contribution in [2.45, 2.75) is 32.6 Å². The van der Waals surface area contributed by atoms with E-state index in [0.717, 1.165) is 0 Å². The van der Waals surface area contributed by atoms with Crippen LogP contribution in [0.25, 0.3) is 0 Å². The topological polar surface area (TPSA) is 79.5 Å². The van der Waals surface area contributed by atoms with Crippen LogP contribution in [0.15, 0.2) is 28.8 Å². The lowest BCUT2D eigenvalue weighted by atomic mass is 10.2. The van der Waals surface area contributed by atoms with Crippen LogP contribution in [0.5, 0.6) is 0 Å². The molecule has 0 saturated carbocycles. The number of amides is 2. The largest absolute Gasteiger partial charge is 0.341 e. The average Bonchev–Trinajstić information content (AvgIpc) is 2.92. The average molecular weight is 374 g/mol. The molecule has 0 radical (unpaired) electrons. The molecule has 1 saturated heterocycles. The van der Waals surface area contributed by atoms with Gasteiger partial charge in [0.15, 0.2) is 5.82 Å². The zero-order valence-electron chi connectivity index (χ0n) is 15.4. The van der Waals surface area contributed by atoms with Gasteiger partial charge in [-0.3, -0.25) is 9.59 Å². The molecule has 2 amide bonds. The predicted octanol–water partition coefficient (Wildman–Crippen LogP) is 2.21. The first-order valence-corrected chi connectivity index (χ1v) is 9.15. The monoisotopic (exact) mass is 374 g/mol. The van der Waals surface area contributed by atoms with Crippen molar-refractivity contribution in [1.82, 2.24) is 19.9 Å². The molecule has 7 nitrogen and oxygen atoms in total. The fraction of sp³-hybridized carbons (Fsp3) is 0.474. The van der Waals surface area contributed by atoms with Crippen LogP contribution in [0.4, 0.5) is 4.39 Å². The molecule has 0 bridgehead atoms. The van der Waals surface area contributed by atoms with E-state index >= 15 is 0 Å². The van der Waals surface area contributed by atoms with E-state index < -0.39 is 5.82 Å². The first-order chi connectivity index (χ1) is 13.0. The second-order valence-electron chi connectivity index (χ2n) is 6.60. The normalized spacial score (nSPS) is 14.9. The highest BCUT2D eigenvalue weighted by Crippen LogP contribution is 2.13. The lowest BCUT2D eigenvalue weighted by Gasteiger charge is -2.22. The van der Waals surface area contributed by atoms with Crippen molar-refractivity contribution in [3.63, 3.8) is 0 Å². The Bertz CT molecular complexity index is 808. The Labute approximate surface area is 157 Å². The molecule has 0 atom stereocenters. The number of rotatable bonds is 5.